The summed E-state index contributed by atoms with van der Waals surface area (Å²) in [6, 6.07) is 5.00. The molecule has 0 saturated heterocycles. The van der Waals surface area contributed by atoms with E-state index >= 15 is 0 Å². The molecule has 1 atom stereocenters. The summed E-state index contributed by atoms with van der Waals surface area (Å²) < 4.78 is 0. The Balaban J connectivity index is 2.75. The summed E-state index contributed by atoms with van der Waals surface area (Å²) in [4.78, 5) is 0. The van der Waals surface area contributed by atoms with Gasteiger partial charge in [-0.2, -0.15) is 0 Å². The van der Waals surface area contributed by atoms with Crippen LogP contribution < -0.4 is 5.73 Å². The monoisotopic (exact) mass is 211 g/mol. The van der Waals surface area contributed by atoms with Crippen molar-refractivity contribution in [3.05, 3.63) is 41.4 Å². The van der Waals surface area contributed by atoms with E-state index in [9.17, 15) is 5.11 Å². The Morgan fingerprint density at radius 1 is 1.57 bits per heavy atom. The van der Waals surface area contributed by atoms with Crippen LogP contribution in [0.3, 0.4) is 0 Å². The first-order valence-electron chi connectivity index (χ1n) is 4.50. The van der Waals surface area contributed by atoms with Crippen molar-refractivity contribution in [3.63, 3.8) is 0 Å². The molecule has 0 fully saturated rings. The third-order valence-electron chi connectivity index (χ3n) is 2.08. The number of phenols is 1. The van der Waals surface area contributed by atoms with Crippen molar-refractivity contribution in [2.45, 2.75) is 18.9 Å². The molecular weight excluding hydrogens is 198 g/mol. The molecule has 0 spiro atoms. The normalized spacial score (nSPS) is 12.4. The number of hydrogen-bond donors (Lipinski definition) is 2. The summed E-state index contributed by atoms with van der Waals surface area (Å²) in [5, 5.41) is 9.56. The minimum absolute atomic E-state index is 0.0499. The Bertz CT molecular complexity index is 325. The molecule has 0 unspecified atom stereocenters. The van der Waals surface area contributed by atoms with Gasteiger partial charge in [-0.05, 0) is 30.5 Å². The maximum Gasteiger partial charge on any atom is 0.134 e. The molecule has 0 aliphatic rings. The first-order valence-corrected chi connectivity index (χ1v) is 4.88. The van der Waals surface area contributed by atoms with Gasteiger partial charge in [0.05, 0.1) is 5.02 Å². The summed E-state index contributed by atoms with van der Waals surface area (Å²) in [6.45, 7) is 3.64. The van der Waals surface area contributed by atoms with Crippen molar-refractivity contribution in [2.24, 2.45) is 5.73 Å². The van der Waals surface area contributed by atoms with E-state index in [-0.39, 0.29) is 11.8 Å². The third kappa shape index (κ3) is 2.76. The predicted octanol–water partition coefficient (Wildman–Crippen LogP) is 3.01. The Labute approximate surface area is 89.0 Å². The Kier molecular flexibility index (Phi) is 3.98. The van der Waals surface area contributed by atoms with Gasteiger partial charge in [-0.15, -0.1) is 6.58 Å². The van der Waals surface area contributed by atoms with E-state index in [0.717, 1.165) is 18.4 Å². The number of aromatic hydroxyl groups is 1. The second-order valence-electron chi connectivity index (χ2n) is 3.18. The molecule has 1 aromatic rings. The standard InChI is InChI=1S/C11H14ClNO/c1-2-3-4-10(13)8-5-6-11(14)9(12)7-8/h2,5-7,10,14H,1,3-4,13H2/t10-/m1/s1. The first-order chi connectivity index (χ1) is 6.65. The van der Waals surface area contributed by atoms with Crippen LogP contribution in [0.1, 0.15) is 24.4 Å². The predicted molar refractivity (Wildman–Crippen MR) is 59.5 cm³/mol. The van der Waals surface area contributed by atoms with Crippen LogP contribution in [-0.2, 0) is 0 Å². The van der Waals surface area contributed by atoms with Crippen molar-refractivity contribution in [3.8, 4) is 5.75 Å². The maximum absolute atomic E-state index is 9.21. The van der Waals surface area contributed by atoms with E-state index in [1.54, 1.807) is 18.2 Å². The SMILES string of the molecule is C=CCC[C@@H](N)c1ccc(O)c(Cl)c1. The number of nitrogens with two attached hydrogens (primary N) is 1. The fourth-order valence-corrected chi connectivity index (χ4v) is 1.41. The highest BCUT2D eigenvalue weighted by molar-refractivity contribution is 6.32. The molecule has 0 aromatic heterocycles. The lowest BCUT2D eigenvalue weighted by atomic mass is 10.0. The Morgan fingerprint density at radius 3 is 2.86 bits per heavy atom. The first kappa shape index (κ1) is 11.1. The van der Waals surface area contributed by atoms with Gasteiger partial charge in [-0.25, -0.2) is 0 Å². The van der Waals surface area contributed by atoms with Gasteiger partial charge in [0.25, 0.3) is 0 Å². The topological polar surface area (TPSA) is 46.2 Å². The van der Waals surface area contributed by atoms with Gasteiger partial charge < -0.3 is 10.8 Å². The van der Waals surface area contributed by atoms with Crippen molar-refractivity contribution in [2.75, 3.05) is 0 Å². The van der Waals surface area contributed by atoms with Gasteiger partial charge in [0.1, 0.15) is 5.75 Å². The van der Waals surface area contributed by atoms with E-state index in [2.05, 4.69) is 6.58 Å². The summed E-state index contributed by atoms with van der Waals surface area (Å²) >= 11 is 5.77. The van der Waals surface area contributed by atoms with Gasteiger partial charge in [0.2, 0.25) is 0 Å². The summed E-state index contributed by atoms with van der Waals surface area (Å²) in [6.07, 6.45) is 3.55. The lowest BCUT2D eigenvalue weighted by molar-refractivity contribution is 0.475. The second-order valence-corrected chi connectivity index (χ2v) is 3.59. The molecule has 0 heterocycles. The lowest BCUT2D eigenvalue weighted by Crippen LogP contribution is -2.09. The average Bonchev–Trinajstić information content (AvgIpc) is 2.18. The zero-order chi connectivity index (χ0) is 10.6. The Morgan fingerprint density at radius 2 is 2.29 bits per heavy atom. The molecule has 0 aliphatic heterocycles. The van der Waals surface area contributed by atoms with Crippen molar-refractivity contribution < 1.29 is 5.11 Å². The minimum atomic E-state index is -0.0499. The van der Waals surface area contributed by atoms with Crippen LogP contribution in [-0.4, -0.2) is 5.11 Å². The van der Waals surface area contributed by atoms with Gasteiger partial charge in [-0.1, -0.05) is 23.7 Å². The van der Waals surface area contributed by atoms with Crippen LogP contribution >= 0.6 is 11.6 Å². The number of rotatable bonds is 4. The molecule has 0 saturated carbocycles. The van der Waals surface area contributed by atoms with Gasteiger partial charge in [0.15, 0.2) is 0 Å². The van der Waals surface area contributed by atoms with Crippen LogP contribution in [0.4, 0.5) is 0 Å². The van der Waals surface area contributed by atoms with Crippen molar-refractivity contribution >= 4 is 11.6 Å². The van der Waals surface area contributed by atoms with E-state index < -0.39 is 0 Å². The number of allylic oxidation sites excluding steroid dienone is 1. The van der Waals surface area contributed by atoms with Gasteiger partial charge in [0, 0.05) is 6.04 Å². The lowest BCUT2D eigenvalue weighted by Gasteiger charge is -2.11. The number of hydrogen-bond acceptors (Lipinski definition) is 2. The third-order valence-corrected chi connectivity index (χ3v) is 2.38. The largest absolute Gasteiger partial charge is 0.506 e. The number of phenolic OH excluding ortho intramolecular Hbond substituents is 1. The average molecular weight is 212 g/mol. The molecule has 1 aromatic carbocycles. The van der Waals surface area contributed by atoms with Crippen molar-refractivity contribution in [1.82, 2.24) is 0 Å². The van der Waals surface area contributed by atoms with Crippen LogP contribution in [0.25, 0.3) is 0 Å². The van der Waals surface area contributed by atoms with Gasteiger partial charge in [-0.3, -0.25) is 0 Å². The quantitative estimate of drug-likeness (QED) is 0.753. The summed E-state index contributed by atoms with van der Waals surface area (Å²) in [5.74, 6) is 0.0892. The van der Waals surface area contributed by atoms with Crippen molar-refractivity contribution in [1.29, 1.82) is 0 Å². The molecule has 0 bridgehead atoms. The molecule has 76 valence electrons. The summed E-state index contributed by atoms with van der Waals surface area (Å²) in [5.41, 5.74) is 6.85. The molecule has 0 radical (unpaired) electrons. The van der Waals surface area contributed by atoms with E-state index in [4.69, 9.17) is 17.3 Å². The fourth-order valence-electron chi connectivity index (χ4n) is 1.22. The summed E-state index contributed by atoms with van der Waals surface area (Å²) in [7, 11) is 0. The van der Waals surface area contributed by atoms with E-state index in [1.165, 1.54) is 0 Å². The maximum atomic E-state index is 9.21. The molecule has 0 aliphatic carbocycles. The van der Waals surface area contributed by atoms with Crippen LogP contribution in [0, 0.1) is 0 Å². The highest BCUT2D eigenvalue weighted by Gasteiger charge is 2.07. The van der Waals surface area contributed by atoms with E-state index in [1.807, 2.05) is 6.08 Å². The van der Waals surface area contributed by atoms with Crippen LogP contribution in [0.15, 0.2) is 30.9 Å². The zero-order valence-electron chi connectivity index (χ0n) is 7.91. The second kappa shape index (κ2) is 5.03. The molecule has 3 N–H and O–H groups in total. The molecule has 14 heavy (non-hydrogen) atoms. The minimum Gasteiger partial charge on any atom is -0.506 e. The number of benzene rings is 1. The van der Waals surface area contributed by atoms with Gasteiger partial charge >= 0.3 is 0 Å². The number of halogens is 1. The highest BCUT2D eigenvalue weighted by atomic mass is 35.5. The van der Waals surface area contributed by atoms with E-state index in [0.29, 0.717) is 5.02 Å². The zero-order valence-corrected chi connectivity index (χ0v) is 8.67. The Hall–Kier alpha value is -0.990. The molecule has 1 rings (SSSR count). The highest BCUT2D eigenvalue weighted by Crippen LogP contribution is 2.27. The molecule has 3 heteroatoms. The fraction of sp³-hybridized carbons (Fsp3) is 0.273. The van der Waals surface area contributed by atoms with Crippen LogP contribution in [0.5, 0.6) is 5.75 Å². The molecule has 2 nitrogen and oxygen atoms in total. The smallest absolute Gasteiger partial charge is 0.134 e. The molecular formula is C11H14ClNO. The molecule has 0 amide bonds. The van der Waals surface area contributed by atoms with Crippen LogP contribution in [0.2, 0.25) is 5.02 Å².